The molecule has 2 amide bonds. The fourth-order valence-corrected chi connectivity index (χ4v) is 3.55. The molecule has 0 radical (unpaired) electrons. The number of carbonyl (C=O) groups is 3. The minimum Gasteiger partial charge on any atom is -0.481 e. The van der Waals surface area contributed by atoms with Gasteiger partial charge in [-0.15, -0.1) is 0 Å². The SMILES string of the molecule is O=C(O)CC1(NC(=O)CN2C(=O)CCc3ccccc32)CCOCC1. The van der Waals surface area contributed by atoms with Gasteiger partial charge < -0.3 is 20.1 Å². The second kappa shape index (κ2) is 7.23. The van der Waals surface area contributed by atoms with E-state index in [1.807, 2.05) is 24.3 Å². The van der Waals surface area contributed by atoms with Crippen molar-refractivity contribution in [2.24, 2.45) is 0 Å². The Morgan fingerprint density at radius 3 is 2.64 bits per heavy atom. The maximum atomic E-state index is 12.6. The smallest absolute Gasteiger partial charge is 0.305 e. The van der Waals surface area contributed by atoms with Gasteiger partial charge >= 0.3 is 5.97 Å². The third-order valence-corrected chi connectivity index (χ3v) is 4.84. The molecule has 0 aliphatic carbocycles. The molecule has 0 atom stereocenters. The Kier molecular flexibility index (Phi) is 5.03. The van der Waals surface area contributed by atoms with E-state index in [1.54, 1.807) is 0 Å². The van der Waals surface area contributed by atoms with Crippen molar-refractivity contribution in [3.8, 4) is 0 Å². The second-order valence-electron chi connectivity index (χ2n) is 6.62. The Morgan fingerprint density at radius 1 is 1.20 bits per heavy atom. The van der Waals surface area contributed by atoms with Crippen LogP contribution in [0, 0.1) is 0 Å². The first-order valence-corrected chi connectivity index (χ1v) is 8.48. The molecular formula is C18H22N2O5. The highest BCUT2D eigenvalue weighted by atomic mass is 16.5. The van der Waals surface area contributed by atoms with E-state index in [0.29, 0.717) is 38.9 Å². The van der Waals surface area contributed by atoms with E-state index in [2.05, 4.69) is 5.32 Å². The lowest BCUT2D eigenvalue weighted by molar-refractivity contribution is -0.140. The number of rotatable bonds is 5. The molecule has 25 heavy (non-hydrogen) atoms. The molecule has 7 heteroatoms. The number of fused-ring (bicyclic) bond motifs is 1. The molecule has 2 aliphatic heterocycles. The Bertz CT molecular complexity index is 682. The fourth-order valence-electron chi connectivity index (χ4n) is 3.55. The summed E-state index contributed by atoms with van der Waals surface area (Å²) in [6.07, 6.45) is 1.81. The number of carboxylic acid groups (broad SMARTS) is 1. The molecule has 2 heterocycles. The molecule has 0 unspecified atom stereocenters. The molecule has 0 spiro atoms. The van der Waals surface area contributed by atoms with Gasteiger partial charge in [0.2, 0.25) is 11.8 Å². The lowest BCUT2D eigenvalue weighted by Crippen LogP contribution is -2.56. The van der Waals surface area contributed by atoms with Crippen molar-refractivity contribution in [1.29, 1.82) is 0 Å². The fraction of sp³-hybridized carbons (Fsp3) is 0.500. The van der Waals surface area contributed by atoms with E-state index in [1.165, 1.54) is 4.90 Å². The molecule has 2 aliphatic rings. The Morgan fingerprint density at radius 2 is 1.92 bits per heavy atom. The van der Waals surface area contributed by atoms with Crippen molar-refractivity contribution in [2.45, 2.75) is 37.6 Å². The largest absolute Gasteiger partial charge is 0.481 e. The standard InChI is InChI=1S/C18H22N2O5/c21-15(19-18(11-17(23)24)7-9-25-10-8-18)12-20-14-4-2-1-3-13(14)5-6-16(20)22/h1-4H,5-12H2,(H,19,21)(H,23,24). The van der Waals surface area contributed by atoms with Crippen LogP contribution in [-0.2, 0) is 25.5 Å². The lowest BCUT2D eigenvalue weighted by Gasteiger charge is -2.38. The van der Waals surface area contributed by atoms with Crippen LogP contribution in [-0.4, -0.2) is 48.2 Å². The maximum absolute atomic E-state index is 12.6. The zero-order chi connectivity index (χ0) is 17.9. The first-order chi connectivity index (χ1) is 12.0. The maximum Gasteiger partial charge on any atom is 0.305 e. The number of benzene rings is 1. The molecule has 1 aromatic rings. The number of carboxylic acids is 1. The van der Waals surface area contributed by atoms with Crippen LogP contribution in [0.25, 0.3) is 0 Å². The second-order valence-corrected chi connectivity index (χ2v) is 6.62. The van der Waals surface area contributed by atoms with Gasteiger partial charge in [-0.1, -0.05) is 18.2 Å². The van der Waals surface area contributed by atoms with E-state index < -0.39 is 11.5 Å². The number of carbonyl (C=O) groups excluding carboxylic acids is 2. The van der Waals surface area contributed by atoms with Gasteiger partial charge in [0.25, 0.3) is 0 Å². The highest BCUT2D eigenvalue weighted by molar-refractivity contribution is 6.01. The molecule has 1 saturated heterocycles. The van der Waals surface area contributed by atoms with Gasteiger partial charge in [-0.05, 0) is 30.9 Å². The average molecular weight is 346 g/mol. The number of hydrogen-bond donors (Lipinski definition) is 2. The third-order valence-electron chi connectivity index (χ3n) is 4.84. The van der Waals surface area contributed by atoms with Crippen LogP contribution in [0.5, 0.6) is 0 Å². The Hall–Kier alpha value is -2.41. The average Bonchev–Trinajstić information content (AvgIpc) is 2.57. The number of nitrogens with zero attached hydrogens (tertiary/aromatic N) is 1. The molecule has 3 rings (SSSR count). The van der Waals surface area contributed by atoms with Crippen molar-refractivity contribution in [3.05, 3.63) is 29.8 Å². The van der Waals surface area contributed by atoms with E-state index in [4.69, 9.17) is 4.74 Å². The minimum absolute atomic E-state index is 0.0897. The topological polar surface area (TPSA) is 95.9 Å². The zero-order valence-electron chi connectivity index (χ0n) is 14.0. The van der Waals surface area contributed by atoms with Gasteiger partial charge in [-0.3, -0.25) is 14.4 Å². The quantitative estimate of drug-likeness (QED) is 0.832. The van der Waals surface area contributed by atoms with E-state index >= 15 is 0 Å². The van der Waals surface area contributed by atoms with Crippen LogP contribution in [0.1, 0.15) is 31.2 Å². The summed E-state index contributed by atoms with van der Waals surface area (Å²) in [6, 6.07) is 7.54. The highest BCUT2D eigenvalue weighted by Gasteiger charge is 2.37. The van der Waals surface area contributed by atoms with E-state index in [-0.39, 0.29) is 24.8 Å². The van der Waals surface area contributed by atoms with Crippen LogP contribution in [0.2, 0.25) is 0 Å². The van der Waals surface area contributed by atoms with Gasteiger partial charge in [0.15, 0.2) is 0 Å². The summed E-state index contributed by atoms with van der Waals surface area (Å²) in [5, 5.41) is 12.0. The van der Waals surface area contributed by atoms with Gasteiger partial charge in [0.1, 0.15) is 6.54 Å². The van der Waals surface area contributed by atoms with Gasteiger partial charge in [-0.2, -0.15) is 0 Å². The first-order valence-electron chi connectivity index (χ1n) is 8.48. The van der Waals surface area contributed by atoms with Gasteiger partial charge in [0, 0.05) is 25.3 Å². The molecule has 1 aromatic carbocycles. The normalized spacial score (nSPS) is 19.2. The predicted octanol–water partition coefficient (Wildman–Crippen LogP) is 1.11. The monoisotopic (exact) mass is 346 g/mol. The van der Waals surface area contributed by atoms with E-state index in [9.17, 15) is 19.5 Å². The van der Waals surface area contributed by atoms with Crippen molar-refractivity contribution >= 4 is 23.5 Å². The molecule has 134 valence electrons. The third kappa shape index (κ3) is 3.99. The Balaban J connectivity index is 1.73. The summed E-state index contributed by atoms with van der Waals surface area (Å²) in [4.78, 5) is 37.5. The zero-order valence-corrected chi connectivity index (χ0v) is 14.0. The summed E-state index contributed by atoms with van der Waals surface area (Å²) in [6.45, 7) is 0.732. The number of aryl methyl sites for hydroxylation is 1. The molecule has 7 nitrogen and oxygen atoms in total. The number of aliphatic carboxylic acids is 1. The summed E-state index contributed by atoms with van der Waals surface area (Å²) < 4.78 is 5.29. The minimum atomic E-state index is -0.957. The van der Waals surface area contributed by atoms with Crippen LogP contribution in [0.15, 0.2) is 24.3 Å². The number of nitrogens with one attached hydrogen (secondary N) is 1. The van der Waals surface area contributed by atoms with Crippen LogP contribution in [0.3, 0.4) is 0 Å². The number of anilines is 1. The van der Waals surface area contributed by atoms with Crippen molar-refractivity contribution in [3.63, 3.8) is 0 Å². The van der Waals surface area contributed by atoms with Gasteiger partial charge in [-0.25, -0.2) is 0 Å². The van der Waals surface area contributed by atoms with Gasteiger partial charge in [0.05, 0.1) is 12.0 Å². The number of hydrogen-bond acceptors (Lipinski definition) is 4. The molecule has 0 saturated carbocycles. The van der Waals surface area contributed by atoms with Crippen molar-refractivity contribution in [2.75, 3.05) is 24.7 Å². The summed E-state index contributed by atoms with van der Waals surface area (Å²) in [5.74, 6) is -1.39. The van der Waals surface area contributed by atoms with Crippen molar-refractivity contribution in [1.82, 2.24) is 5.32 Å². The van der Waals surface area contributed by atoms with Crippen molar-refractivity contribution < 1.29 is 24.2 Å². The molecule has 0 bridgehead atoms. The van der Waals surface area contributed by atoms with Crippen LogP contribution < -0.4 is 10.2 Å². The van der Waals surface area contributed by atoms with E-state index in [0.717, 1.165) is 11.3 Å². The number of ether oxygens (including phenoxy) is 1. The highest BCUT2D eigenvalue weighted by Crippen LogP contribution is 2.28. The summed E-state index contributed by atoms with van der Waals surface area (Å²) in [7, 11) is 0. The number of amides is 2. The lowest BCUT2D eigenvalue weighted by atomic mass is 9.86. The van der Waals surface area contributed by atoms with Crippen LogP contribution >= 0.6 is 0 Å². The molecule has 0 aromatic heterocycles. The Labute approximate surface area is 146 Å². The molecule has 2 N–H and O–H groups in total. The molecular weight excluding hydrogens is 324 g/mol. The summed E-state index contributed by atoms with van der Waals surface area (Å²) in [5.41, 5.74) is 0.994. The first kappa shape index (κ1) is 17.4. The number of para-hydroxylation sites is 1. The summed E-state index contributed by atoms with van der Waals surface area (Å²) >= 11 is 0. The predicted molar refractivity (Wildman–Crippen MR) is 90.3 cm³/mol. The van der Waals surface area contributed by atoms with Crippen LogP contribution in [0.4, 0.5) is 5.69 Å². The molecule has 1 fully saturated rings.